The minimum absolute atomic E-state index is 0.537. The van der Waals surface area contributed by atoms with Crippen molar-refractivity contribution in [1.29, 1.82) is 0 Å². The molecule has 2 rings (SSSR count). The lowest BCUT2D eigenvalue weighted by molar-refractivity contribution is 0.425. The molecule has 2 aromatic rings. The molecule has 1 aromatic carbocycles. The van der Waals surface area contributed by atoms with E-state index in [4.69, 9.17) is 11.6 Å². The third-order valence-electron chi connectivity index (χ3n) is 3.01. The molecule has 118 valence electrons. The van der Waals surface area contributed by atoms with E-state index in [9.17, 15) is 0 Å². The summed E-state index contributed by atoms with van der Waals surface area (Å²) >= 11 is 5.97. The summed E-state index contributed by atoms with van der Waals surface area (Å²) in [6, 6.07) is 7.85. The lowest BCUT2D eigenvalue weighted by Crippen LogP contribution is -2.21. The van der Waals surface area contributed by atoms with Crippen molar-refractivity contribution >= 4 is 23.4 Å². The number of likely N-dealkylation sites (N-methyl/N-ethyl adjacent to an activating group) is 1. The van der Waals surface area contributed by atoms with Crippen LogP contribution in [-0.4, -0.2) is 53.8 Å². The number of benzene rings is 1. The highest BCUT2D eigenvalue weighted by atomic mass is 35.5. The summed E-state index contributed by atoms with van der Waals surface area (Å²) < 4.78 is 0. The fraction of sp³-hybridized carbons (Fsp3) is 0.400. The normalized spacial score (nSPS) is 10.7. The quantitative estimate of drug-likeness (QED) is 0.777. The van der Waals surface area contributed by atoms with Crippen LogP contribution in [0.2, 0.25) is 5.02 Å². The molecule has 22 heavy (non-hydrogen) atoms. The molecule has 0 saturated carbocycles. The molecule has 0 aliphatic carbocycles. The van der Waals surface area contributed by atoms with Crippen LogP contribution in [0.25, 0.3) is 0 Å². The van der Waals surface area contributed by atoms with Crippen LogP contribution in [0.1, 0.15) is 5.56 Å². The predicted octanol–water partition coefficient (Wildman–Crippen LogP) is 2.15. The Kier molecular flexibility index (Phi) is 6.36. The number of hydrogen-bond acceptors (Lipinski definition) is 6. The molecular weight excluding hydrogens is 300 g/mol. The van der Waals surface area contributed by atoms with Gasteiger partial charge in [-0.25, -0.2) is 0 Å². The maximum Gasteiger partial charge on any atom is 0.244 e. The first-order valence-electron chi connectivity index (χ1n) is 7.20. The van der Waals surface area contributed by atoms with Crippen molar-refractivity contribution in [3.05, 3.63) is 41.0 Å². The molecule has 7 heteroatoms. The third-order valence-corrected chi connectivity index (χ3v) is 3.24. The summed E-state index contributed by atoms with van der Waals surface area (Å²) in [5.41, 5.74) is 1.19. The van der Waals surface area contributed by atoms with Crippen LogP contribution >= 0.6 is 11.6 Å². The minimum Gasteiger partial charge on any atom is -0.368 e. The molecule has 0 unspecified atom stereocenters. The van der Waals surface area contributed by atoms with Crippen molar-refractivity contribution in [3.63, 3.8) is 0 Å². The van der Waals surface area contributed by atoms with E-state index in [2.05, 4.69) is 36.8 Å². The van der Waals surface area contributed by atoms with Crippen LogP contribution in [0.3, 0.4) is 0 Å². The van der Waals surface area contributed by atoms with E-state index < -0.39 is 0 Å². The summed E-state index contributed by atoms with van der Waals surface area (Å²) in [6.45, 7) is 2.45. The van der Waals surface area contributed by atoms with Gasteiger partial charge in [0.2, 0.25) is 5.95 Å². The number of nitrogens with one attached hydrogen (secondary N) is 2. The summed E-state index contributed by atoms with van der Waals surface area (Å²) in [7, 11) is 4.04. The van der Waals surface area contributed by atoms with Crippen molar-refractivity contribution in [3.8, 4) is 0 Å². The Balaban J connectivity index is 1.80. The second-order valence-electron chi connectivity index (χ2n) is 5.20. The van der Waals surface area contributed by atoms with Gasteiger partial charge < -0.3 is 15.5 Å². The molecule has 0 aliphatic heterocycles. The Bertz CT molecular complexity index is 590. The van der Waals surface area contributed by atoms with E-state index in [-0.39, 0.29) is 0 Å². The van der Waals surface area contributed by atoms with Gasteiger partial charge in [0.25, 0.3) is 0 Å². The van der Waals surface area contributed by atoms with E-state index in [1.807, 2.05) is 32.3 Å². The summed E-state index contributed by atoms with van der Waals surface area (Å²) in [5.74, 6) is 1.25. The SMILES string of the molecule is CN(C)CCNc1nncc(NCCc2cccc(Cl)c2)n1. The average Bonchev–Trinajstić information content (AvgIpc) is 2.47. The average molecular weight is 321 g/mol. The van der Waals surface area contributed by atoms with Gasteiger partial charge in [0, 0.05) is 24.7 Å². The molecular formula is C15H21ClN6. The highest BCUT2D eigenvalue weighted by Gasteiger charge is 2.01. The van der Waals surface area contributed by atoms with Crippen LogP contribution in [0.5, 0.6) is 0 Å². The fourth-order valence-corrected chi connectivity index (χ4v) is 2.10. The Hall–Kier alpha value is -1.92. The van der Waals surface area contributed by atoms with Crippen molar-refractivity contribution < 1.29 is 0 Å². The number of rotatable bonds is 8. The second kappa shape index (κ2) is 8.51. The van der Waals surface area contributed by atoms with Crippen LogP contribution in [0.4, 0.5) is 11.8 Å². The first-order chi connectivity index (χ1) is 10.6. The van der Waals surface area contributed by atoms with Crippen LogP contribution < -0.4 is 10.6 Å². The standard InChI is InChI=1S/C15H21ClN6/c1-22(2)9-8-18-15-20-14(11-19-21-15)17-7-6-12-4-3-5-13(16)10-12/h3-5,10-11H,6-9H2,1-2H3,(H2,17,18,20,21). The van der Waals surface area contributed by atoms with Crippen LogP contribution in [0.15, 0.2) is 30.5 Å². The number of hydrogen-bond donors (Lipinski definition) is 2. The van der Waals surface area contributed by atoms with Crippen molar-refractivity contribution in [2.45, 2.75) is 6.42 Å². The molecule has 1 heterocycles. The molecule has 0 radical (unpaired) electrons. The van der Waals surface area contributed by atoms with Gasteiger partial charge in [-0.3, -0.25) is 0 Å². The molecule has 0 spiro atoms. The fourth-order valence-electron chi connectivity index (χ4n) is 1.88. The lowest BCUT2D eigenvalue weighted by atomic mass is 10.1. The Morgan fingerprint density at radius 2 is 2.05 bits per heavy atom. The van der Waals surface area contributed by atoms with Gasteiger partial charge >= 0.3 is 0 Å². The molecule has 1 aromatic heterocycles. The molecule has 0 atom stereocenters. The first kappa shape index (κ1) is 16.5. The van der Waals surface area contributed by atoms with Gasteiger partial charge in [0.1, 0.15) is 0 Å². The zero-order chi connectivity index (χ0) is 15.8. The largest absolute Gasteiger partial charge is 0.368 e. The number of nitrogens with zero attached hydrogens (tertiary/aromatic N) is 4. The van der Waals surface area contributed by atoms with Crippen molar-refractivity contribution in [2.24, 2.45) is 0 Å². The van der Waals surface area contributed by atoms with Gasteiger partial charge in [-0.1, -0.05) is 23.7 Å². The zero-order valence-corrected chi connectivity index (χ0v) is 13.6. The summed E-state index contributed by atoms with van der Waals surface area (Å²) in [5, 5.41) is 15.1. The predicted molar refractivity (Wildman–Crippen MR) is 90.5 cm³/mol. The van der Waals surface area contributed by atoms with Crippen LogP contribution in [0, 0.1) is 0 Å². The summed E-state index contributed by atoms with van der Waals surface area (Å²) in [6.07, 6.45) is 2.49. The summed E-state index contributed by atoms with van der Waals surface area (Å²) in [4.78, 5) is 6.47. The molecule has 0 bridgehead atoms. The molecule has 2 N–H and O–H groups in total. The Labute approximate surface area is 135 Å². The van der Waals surface area contributed by atoms with Crippen LogP contribution in [-0.2, 0) is 6.42 Å². The lowest BCUT2D eigenvalue weighted by Gasteiger charge is -2.10. The Morgan fingerprint density at radius 3 is 2.82 bits per heavy atom. The van der Waals surface area contributed by atoms with Gasteiger partial charge in [0.15, 0.2) is 5.82 Å². The Morgan fingerprint density at radius 1 is 1.18 bits per heavy atom. The monoisotopic (exact) mass is 320 g/mol. The second-order valence-corrected chi connectivity index (χ2v) is 5.64. The highest BCUT2D eigenvalue weighted by Crippen LogP contribution is 2.11. The van der Waals surface area contributed by atoms with E-state index >= 15 is 0 Å². The van der Waals surface area contributed by atoms with Gasteiger partial charge in [-0.15, -0.1) is 5.10 Å². The van der Waals surface area contributed by atoms with E-state index in [1.165, 1.54) is 5.56 Å². The van der Waals surface area contributed by atoms with E-state index in [0.717, 1.165) is 31.1 Å². The van der Waals surface area contributed by atoms with Gasteiger partial charge in [-0.2, -0.15) is 10.1 Å². The first-order valence-corrected chi connectivity index (χ1v) is 7.58. The van der Waals surface area contributed by atoms with E-state index in [0.29, 0.717) is 11.8 Å². The third kappa shape index (κ3) is 5.83. The minimum atomic E-state index is 0.537. The van der Waals surface area contributed by atoms with Gasteiger partial charge in [0.05, 0.1) is 6.20 Å². The maximum atomic E-state index is 5.97. The zero-order valence-electron chi connectivity index (χ0n) is 12.9. The number of halogens is 1. The molecule has 0 aliphatic rings. The highest BCUT2D eigenvalue weighted by molar-refractivity contribution is 6.30. The molecule has 6 nitrogen and oxygen atoms in total. The molecule has 0 amide bonds. The van der Waals surface area contributed by atoms with Gasteiger partial charge in [-0.05, 0) is 38.2 Å². The number of aromatic nitrogens is 3. The topological polar surface area (TPSA) is 66.0 Å². The van der Waals surface area contributed by atoms with Crippen molar-refractivity contribution in [1.82, 2.24) is 20.1 Å². The number of anilines is 2. The molecule has 0 fully saturated rings. The molecule has 0 saturated heterocycles. The maximum absolute atomic E-state index is 5.97. The smallest absolute Gasteiger partial charge is 0.244 e. The van der Waals surface area contributed by atoms with Crippen molar-refractivity contribution in [2.75, 3.05) is 44.4 Å². The van der Waals surface area contributed by atoms with E-state index in [1.54, 1.807) is 6.20 Å².